The summed E-state index contributed by atoms with van der Waals surface area (Å²) >= 11 is 6.03. The number of benzene rings is 2. The number of ether oxygens (including phenoxy) is 2. The minimum Gasteiger partial charge on any atom is -0.497 e. The fourth-order valence-corrected chi connectivity index (χ4v) is 2.62. The van der Waals surface area contributed by atoms with Gasteiger partial charge in [0.1, 0.15) is 17.3 Å². The Labute approximate surface area is 157 Å². The van der Waals surface area contributed by atoms with Gasteiger partial charge in [-0.2, -0.15) is 4.98 Å². The van der Waals surface area contributed by atoms with Gasteiger partial charge in [-0.1, -0.05) is 17.7 Å². The van der Waals surface area contributed by atoms with Crippen LogP contribution in [0.3, 0.4) is 0 Å². The van der Waals surface area contributed by atoms with Gasteiger partial charge in [-0.05, 0) is 37.3 Å². The van der Waals surface area contributed by atoms with Crippen molar-refractivity contribution in [1.29, 1.82) is 0 Å². The first-order valence-corrected chi connectivity index (χ1v) is 8.32. The Morgan fingerprint density at radius 2 is 1.77 bits per heavy atom. The second-order valence-electron chi connectivity index (χ2n) is 5.54. The molecule has 0 radical (unpaired) electrons. The number of hydrogen-bond acceptors (Lipinski definition) is 6. The number of nitrogens with one attached hydrogen (secondary N) is 2. The van der Waals surface area contributed by atoms with E-state index < -0.39 is 0 Å². The first kappa shape index (κ1) is 17.8. The molecule has 1 aromatic heterocycles. The van der Waals surface area contributed by atoms with Crippen molar-refractivity contribution >= 4 is 34.7 Å². The molecular weight excluding hydrogens is 352 g/mol. The molecule has 6 nitrogen and oxygen atoms in total. The molecule has 0 fully saturated rings. The van der Waals surface area contributed by atoms with Crippen LogP contribution in [0.4, 0.5) is 23.1 Å². The van der Waals surface area contributed by atoms with Gasteiger partial charge in [0.25, 0.3) is 0 Å². The van der Waals surface area contributed by atoms with Crippen molar-refractivity contribution in [2.24, 2.45) is 0 Å². The third-order valence-electron chi connectivity index (χ3n) is 3.61. The van der Waals surface area contributed by atoms with Crippen molar-refractivity contribution in [2.45, 2.75) is 6.92 Å². The third kappa shape index (κ3) is 4.34. The normalized spacial score (nSPS) is 10.3. The van der Waals surface area contributed by atoms with Gasteiger partial charge in [0.2, 0.25) is 5.95 Å². The molecule has 2 aromatic carbocycles. The lowest BCUT2D eigenvalue weighted by atomic mass is 10.2. The van der Waals surface area contributed by atoms with E-state index in [-0.39, 0.29) is 0 Å². The Bertz CT molecular complexity index is 918. The van der Waals surface area contributed by atoms with Crippen LogP contribution in [0.15, 0.2) is 48.5 Å². The summed E-state index contributed by atoms with van der Waals surface area (Å²) in [5.41, 5.74) is 2.41. The molecule has 0 bridgehead atoms. The van der Waals surface area contributed by atoms with E-state index in [0.717, 1.165) is 17.1 Å². The highest BCUT2D eigenvalue weighted by atomic mass is 35.5. The highest BCUT2D eigenvalue weighted by molar-refractivity contribution is 6.30. The van der Waals surface area contributed by atoms with Crippen LogP contribution in [0.1, 0.15) is 5.69 Å². The molecule has 0 amide bonds. The number of hydrogen-bond donors (Lipinski definition) is 2. The minimum absolute atomic E-state index is 0.456. The van der Waals surface area contributed by atoms with Crippen molar-refractivity contribution in [2.75, 3.05) is 24.9 Å². The maximum atomic E-state index is 6.03. The van der Waals surface area contributed by atoms with E-state index in [0.29, 0.717) is 28.3 Å². The van der Waals surface area contributed by atoms with Gasteiger partial charge >= 0.3 is 0 Å². The highest BCUT2D eigenvalue weighted by Gasteiger charge is 2.09. The lowest BCUT2D eigenvalue weighted by Gasteiger charge is -2.13. The van der Waals surface area contributed by atoms with E-state index in [9.17, 15) is 0 Å². The minimum atomic E-state index is 0.456. The number of nitrogens with zero attached hydrogens (tertiary/aromatic N) is 2. The van der Waals surface area contributed by atoms with Crippen molar-refractivity contribution in [1.82, 2.24) is 9.97 Å². The van der Waals surface area contributed by atoms with E-state index in [1.807, 2.05) is 49.4 Å². The first-order valence-electron chi connectivity index (χ1n) is 7.94. The van der Waals surface area contributed by atoms with Crippen LogP contribution in [-0.2, 0) is 0 Å². The molecule has 0 saturated carbocycles. The third-order valence-corrected chi connectivity index (χ3v) is 3.84. The van der Waals surface area contributed by atoms with Crippen LogP contribution in [-0.4, -0.2) is 24.2 Å². The Kier molecular flexibility index (Phi) is 5.43. The molecule has 26 heavy (non-hydrogen) atoms. The predicted molar refractivity (Wildman–Crippen MR) is 104 cm³/mol. The Morgan fingerprint density at radius 3 is 2.50 bits per heavy atom. The lowest BCUT2D eigenvalue weighted by Crippen LogP contribution is -2.03. The van der Waals surface area contributed by atoms with Crippen LogP contribution in [0.25, 0.3) is 0 Å². The maximum Gasteiger partial charge on any atom is 0.229 e. The second kappa shape index (κ2) is 7.93. The number of anilines is 4. The van der Waals surface area contributed by atoms with Gasteiger partial charge < -0.3 is 20.1 Å². The molecule has 0 aliphatic rings. The topological polar surface area (TPSA) is 68.3 Å². The largest absolute Gasteiger partial charge is 0.497 e. The van der Waals surface area contributed by atoms with E-state index in [1.165, 1.54) is 0 Å². The molecule has 134 valence electrons. The summed E-state index contributed by atoms with van der Waals surface area (Å²) in [6.07, 6.45) is 0. The number of methoxy groups -OCH3 is 2. The molecular formula is C19H19ClN4O2. The summed E-state index contributed by atoms with van der Waals surface area (Å²) in [4.78, 5) is 8.94. The molecule has 0 spiro atoms. The summed E-state index contributed by atoms with van der Waals surface area (Å²) in [5, 5.41) is 7.07. The molecule has 0 unspecified atom stereocenters. The fraction of sp³-hybridized carbons (Fsp3) is 0.158. The molecule has 0 saturated heterocycles. The number of aromatic nitrogens is 2. The zero-order valence-electron chi connectivity index (χ0n) is 14.7. The van der Waals surface area contributed by atoms with Gasteiger partial charge in [0.15, 0.2) is 0 Å². The fourth-order valence-electron chi connectivity index (χ4n) is 2.42. The van der Waals surface area contributed by atoms with E-state index >= 15 is 0 Å². The number of rotatable bonds is 6. The van der Waals surface area contributed by atoms with Crippen LogP contribution in [0, 0.1) is 6.92 Å². The molecule has 7 heteroatoms. The van der Waals surface area contributed by atoms with Gasteiger partial charge in [-0.15, -0.1) is 0 Å². The van der Waals surface area contributed by atoms with Crippen LogP contribution < -0.4 is 20.1 Å². The van der Waals surface area contributed by atoms with Crippen molar-refractivity contribution in [3.63, 3.8) is 0 Å². The zero-order chi connectivity index (χ0) is 18.5. The molecule has 1 heterocycles. The Morgan fingerprint density at radius 1 is 0.923 bits per heavy atom. The molecule has 0 atom stereocenters. The molecule has 0 aliphatic carbocycles. The number of aryl methyl sites for hydroxylation is 1. The molecule has 3 rings (SSSR count). The maximum absolute atomic E-state index is 6.03. The highest BCUT2D eigenvalue weighted by Crippen LogP contribution is 2.31. The predicted octanol–water partition coefficient (Wildman–Crippen LogP) is 4.94. The van der Waals surface area contributed by atoms with Crippen LogP contribution in [0.5, 0.6) is 11.5 Å². The average Bonchev–Trinajstić information content (AvgIpc) is 2.61. The van der Waals surface area contributed by atoms with Crippen LogP contribution >= 0.6 is 11.6 Å². The van der Waals surface area contributed by atoms with Crippen molar-refractivity contribution in [3.05, 3.63) is 59.2 Å². The van der Waals surface area contributed by atoms with E-state index in [1.54, 1.807) is 20.3 Å². The summed E-state index contributed by atoms with van der Waals surface area (Å²) in [7, 11) is 3.21. The first-order chi connectivity index (χ1) is 12.6. The van der Waals surface area contributed by atoms with Crippen LogP contribution in [0.2, 0.25) is 5.02 Å². The Hall–Kier alpha value is -2.99. The Balaban J connectivity index is 1.86. The lowest BCUT2D eigenvalue weighted by molar-refractivity contribution is 0.395. The summed E-state index contributed by atoms with van der Waals surface area (Å²) in [6.45, 7) is 1.90. The van der Waals surface area contributed by atoms with Gasteiger partial charge in [-0.25, -0.2) is 4.98 Å². The SMILES string of the molecule is COc1ccc(Nc2nc(C)cc(Nc3cccc(Cl)c3)n2)c(OC)c1. The summed E-state index contributed by atoms with van der Waals surface area (Å²) < 4.78 is 10.6. The van der Waals surface area contributed by atoms with Gasteiger partial charge in [0.05, 0.1) is 19.9 Å². The molecule has 2 N–H and O–H groups in total. The smallest absolute Gasteiger partial charge is 0.229 e. The monoisotopic (exact) mass is 370 g/mol. The van der Waals surface area contributed by atoms with Gasteiger partial charge in [-0.3, -0.25) is 0 Å². The molecule has 3 aromatic rings. The summed E-state index contributed by atoms with van der Waals surface area (Å²) in [5.74, 6) is 2.47. The molecule has 0 aliphatic heterocycles. The summed E-state index contributed by atoms with van der Waals surface area (Å²) in [6, 6.07) is 14.8. The van der Waals surface area contributed by atoms with E-state index in [4.69, 9.17) is 21.1 Å². The zero-order valence-corrected chi connectivity index (χ0v) is 15.5. The average molecular weight is 371 g/mol. The quantitative estimate of drug-likeness (QED) is 0.640. The van der Waals surface area contributed by atoms with E-state index in [2.05, 4.69) is 20.6 Å². The van der Waals surface area contributed by atoms with Gasteiger partial charge in [0, 0.05) is 28.5 Å². The number of halogens is 1. The standard InChI is InChI=1S/C19H19ClN4O2/c1-12-9-18(22-14-6-4-5-13(20)10-14)24-19(21-12)23-16-8-7-15(25-2)11-17(16)26-3/h4-11H,1-3H3,(H2,21,22,23,24). The second-order valence-corrected chi connectivity index (χ2v) is 5.98. The van der Waals surface area contributed by atoms with Crippen molar-refractivity contribution in [3.8, 4) is 11.5 Å². The van der Waals surface area contributed by atoms with Crippen molar-refractivity contribution < 1.29 is 9.47 Å².